The predicted molar refractivity (Wildman–Crippen MR) is 171 cm³/mol. The fraction of sp³-hybridized carbons (Fsp3) is 0.219. The lowest BCUT2D eigenvalue weighted by Crippen LogP contribution is -2.44. The number of ether oxygens (including phenoxy) is 1. The molecule has 1 aliphatic rings. The molecule has 0 aliphatic carbocycles. The third-order valence-electron chi connectivity index (χ3n) is 7.46. The molecule has 13 heteroatoms. The Hall–Kier alpha value is -5.30. The second-order valence-electron chi connectivity index (χ2n) is 10.7. The molecular weight excluding hydrogens is 594 g/mol. The molecule has 0 saturated carbocycles. The maximum absolute atomic E-state index is 13.0. The van der Waals surface area contributed by atoms with E-state index in [1.54, 1.807) is 61.1 Å². The molecule has 1 saturated heterocycles. The highest BCUT2D eigenvalue weighted by Gasteiger charge is 2.24. The van der Waals surface area contributed by atoms with Crippen LogP contribution in [0.15, 0.2) is 85.3 Å². The Morgan fingerprint density at radius 3 is 2.67 bits per heavy atom. The van der Waals surface area contributed by atoms with Gasteiger partial charge in [0, 0.05) is 48.5 Å². The fourth-order valence-electron chi connectivity index (χ4n) is 5.34. The van der Waals surface area contributed by atoms with Crippen LogP contribution in [0.3, 0.4) is 0 Å². The monoisotopic (exact) mass is 625 g/mol. The molecule has 5 aromatic rings. The molecule has 1 amide bonds. The van der Waals surface area contributed by atoms with Crippen LogP contribution in [-0.2, 0) is 15.8 Å². The average Bonchev–Trinajstić information content (AvgIpc) is 3.03. The van der Waals surface area contributed by atoms with Gasteiger partial charge in [-0.25, -0.2) is 28.2 Å². The van der Waals surface area contributed by atoms with Gasteiger partial charge in [-0.2, -0.15) is 0 Å². The van der Waals surface area contributed by atoms with Crippen molar-refractivity contribution in [3.05, 3.63) is 96.6 Å². The second kappa shape index (κ2) is 12.7. The van der Waals surface area contributed by atoms with Crippen LogP contribution >= 0.6 is 0 Å². The number of pyridine rings is 2. The van der Waals surface area contributed by atoms with Crippen molar-refractivity contribution in [2.45, 2.75) is 31.6 Å². The Kier molecular flexibility index (Phi) is 8.43. The molecule has 45 heavy (non-hydrogen) atoms. The summed E-state index contributed by atoms with van der Waals surface area (Å²) < 4.78 is 35.2. The molecule has 3 N–H and O–H groups in total. The van der Waals surface area contributed by atoms with Crippen LogP contribution in [0.5, 0.6) is 11.6 Å². The molecule has 1 fully saturated rings. The van der Waals surface area contributed by atoms with Gasteiger partial charge in [0.2, 0.25) is 21.9 Å². The maximum atomic E-state index is 13.0. The van der Waals surface area contributed by atoms with Gasteiger partial charge in [-0.05, 0) is 61.7 Å². The Morgan fingerprint density at radius 2 is 1.84 bits per heavy atom. The Morgan fingerprint density at radius 1 is 0.978 bits per heavy atom. The molecule has 0 spiro atoms. The van der Waals surface area contributed by atoms with Crippen LogP contribution in [0.1, 0.15) is 24.1 Å². The number of aromatic nitrogens is 4. The Bertz CT molecular complexity index is 1960. The van der Waals surface area contributed by atoms with Crippen molar-refractivity contribution >= 4 is 38.5 Å². The maximum Gasteiger partial charge on any atom is 0.407 e. The van der Waals surface area contributed by atoms with Gasteiger partial charge in [-0.15, -0.1) is 0 Å². The lowest BCUT2D eigenvalue weighted by Gasteiger charge is -2.31. The number of nitrogens with one attached hydrogen (secondary N) is 2. The number of hydrogen-bond acceptors (Lipinski definition) is 9. The molecule has 4 heterocycles. The van der Waals surface area contributed by atoms with Gasteiger partial charge in [-0.1, -0.05) is 30.3 Å². The first-order valence-corrected chi connectivity index (χ1v) is 16.0. The van der Waals surface area contributed by atoms with Crippen molar-refractivity contribution in [3.63, 3.8) is 0 Å². The molecule has 230 valence electrons. The molecule has 1 aliphatic heterocycles. The normalized spacial score (nSPS) is 15.0. The number of sulfonamides is 1. The third kappa shape index (κ3) is 6.93. The number of aryl methyl sites for hydroxylation is 1. The van der Waals surface area contributed by atoms with Gasteiger partial charge in [0.25, 0.3) is 0 Å². The number of fused-ring (bicyclic) bond motifs is 1. The zero-order valence-electron chi connectivity index (χ0n) is 24.4. The number of hydrogen-bond donors (Lipinski definition) is 3. The van der Waals surface area contributed by atoms with Gasteiger partial charge < -0.3 is 20.1 Å². The number of anilines is 2. The summed E-state index contributed by atoms with van der Waals surface area (Å²) in [5.41, 5.74) is 2.89. The topological polar surface area (TPSA) is 160 Å². The van der Waals surface area contributed by atoms with Crippen molar-refractivity contribution in [1.82, 2.24) is 24.8 Å². The quantitative estimate of drug-likeness (QED) is 0.186. The summed E-state index contributed by atoms with van der Waals surface area (Å²) >= 11 is 0. The summed E-state index contributed by atoms with van der Waals surface area (Å²) in [5, 5.41) is 14.0. The van der Waals surface area contributed by atoms with E-state index in [2.05, 4.69) is 25.0 Å². The molecule has 6 rings (SSSR count). The number of likely N-dealkylation sites (tertiary alicyclic amines) is 1. The molecule has 12 nitrogen and oxygen atoms in total. The van der Waals surface area contributed by atoms with E-state index < -0.39 is 16.1 Å². The van der Waals surface area contributed by atoms with Crippen molar-refractivity contribution in [1.29, 1.82) is 0 Å². The van der Waals surface area contributed by atoms with E-state index in [-0.39, 0.29) is 11.8 Å². The van der Waals surface area contributed by atoms with Crippen LogP contribution in [0, 0.1) is 6.92 Å². The van der Waals surface area contributed by atoms with E-state index in [1.807, 2.05) is 31.2 Å². The van der Waals surface area contributed by atoms with Crippen LogP contribution < -0.4 is 14.8 Å². The summed E-state index contributed by atoms with van der Waals surface area (Å²) in [7, 11) is -3.74. The number of nitrogens with zero attached hydrogens (tertiary/aromatic N) is 5. The molecule has 3 aromatic heterocycles. The average molecular weight is 626 g/mol. The van der Waals surface area contributed by atoms with E-state index in [9.17, 15) is 18.3 Å². The highest BCUT2D eigenvalue weighted by molar-refractivity contribution is 7.91. The van der Waals surface area contributed by atoms with E-state index in [4.69, 9.17) is 9.72 Å². The lowest BCUT2D eigenvalue weighted by molar-refractivity contribution is 0.132. The van der Waals surface area contributed by atoms with Crippen molar-refractivity contribution in [3.8, 4) is 22.9 Å². The molecule has 1 atom stereocenters. The number of carboxylic acid groups (broad SMARTS) is 1. The number of piperidine rings is 1. The van der Waals surface area contributed by atoms with Gasteiger partial charge in [0.15, 0.2) is 0 Å². The number of amides is 1. The molecule has 0 radical (unpaired) electrons. The van der Waals surface area contributed by atoms with Crippen molar-refractivity contribution in [2.75, 3.05) is 23.1 Å². The number of carbonyl (C=O) groups is 1. The third-order valence-corrected chi connectivity index (χ3v) is 8.67. The minimum Gasteiger partial charge on any atom is -0.465 e. The first-order chi connectivity index (χ1) is 21.8. The van der Waals surface area contributed by atoms with Crippen LogP contribution in [-0.4, -0.2) is 63.6 Å². The summed E-state index contributed by atoms with van der Waals surface area (Å²) in [4.78, 5) is 30.5. The summed E-state index contributed by atoms with van der Waals surface area (Å²) in [5.74, 6) is 0.962. The number of rotatable bonds is 9. The Labute approximate surface area is 260 Å². The fourth-order valence-corrected chi connectivity index (χ4v) is 6.48. The van der Waals surface area contributed by atoms with Crippen LogP contribution in [0.2, 0.25) is 0 Å². The summed E-state index contributed by atoms with van der Waals surface area (Å²) in [6.07, 6.45) is 5.43. The highest BCUT2D eigenvalue weighted by atomic mass is 32.2. The predicted octanol–water partition coefficient (Wildman–Crippen LogP) is 5.68. The molecule has 0 unspecified atom stereocenters. The van der Waals surface area contributed by atoms with E-state index in [0.29, 0.717) is 64.1 Å². The molecule has 0 bridgehead atoms. The SMILES string of the molecule is Cc1ccc2c(NS(=O)(=O)Cc3ccccn3)cccc2c1Oc1ncccc1-c1ccnc(N[C@H]2CCCN(C(=O)O)C2)n1. The van der Waals surface area contributed by atoms with Crippen molar-refractivity contribution < 1.29 is 23.1 Å². The zero-order chi connectivity index (χ0) is 31.4. The van der Waals surface area contributed by atoms with Crippen molar-refractivity contribution in [2.24, 2.45) is 0 Å². The molecule has 2 aromatic carbocycles. The number of benzene rings is 2. The van der Waals surface area contributed by atoms with E-state index in [1.165, 1.54) is 4.90 Å². The second-order valence-corrected chi connectivity index (χ2v) is 12.5. The van der Waals surface area contributed by atoms with E-state index in [0.717, 1.165) is 18.4 Å². The first kappa shape index (κ1) is 29.8. The van der Waals surface area contributed by atoms with Crippen LogP contribution in [0.25, 0.3) is 22.0 Å². The highest BCUT2D eigenvalue weighted by Crippen LogP contribution is 2.39. The molecular formula is C32H31N7O5S. The summed E-state index contributed by atoms with van der Waals surface area (Å²) in [6.45, 7) is 2.77. The minimum absolute atomic E-state index is 0.108. The summed E-state index contributed by atoms with van der Waals surface area (Å²) in [6, 6.07) is 19.5. The van der Waals surface area contributed by atoms with E-state index >= 15 is 0 Å². The lowest BCUT2D eigenvalue weighted by atomic mass is 10.0. The smallest absolute Gasteiger partial charge is 0.407 e. The van der Waals surface area contributed by atoms with Crippen LogP contribution in [0.4, 0.5) is 16.4 Å². The Balaban J connectivity index is 1.28. The zero-order valence-corrected chi connectivity index (χ0v) is 25.2. The van der Waals surface area contributed by atoms with Gasteiger partial charge in [-0.3, -0.25) is 9.71 Å². The minimum atomic E-state index is -3.74. The van der Waals surface area contributed by atoms with Gasteiger partial charge >= 0.3 is 6.09 Å². The largest absolute Gasteiger partial charge is 0.465 e. The standard InChI is InChI=1S/C32H31N7O5S/c1-21-12-13-24-25(9-4-11-28(24)38-45(42,43)20-23-7-2-3-15-33-23)29(21)44-30-26(10-5-16-34-30)27-14-17-35-31(37-27)36-22-8-6-18-39(19-22)32(40)41/h2-5,7,9-17,22,38H,6,8,18-20H2,1H3,(H,40,41)(H,35,36,37)/t22-/m0/s1. The first-order valence-electron chi connectivity index (χ1n) is 14.4. The van der Waals surface area contributed by atoms with Gasteiger partial charge in [0.1, 0.15) is 11.5 Å². The van der Waals surface area contributed by atoms with Gasteiger partial charge in [0.05, 0.1) is 22.6 Å².